The Morgan fingerprint density at radius 2 is 2.00 bits per heavy atom. The van der Waals surface area contributed by atoms with Gasteiger partial charge < -0.3 is 10.4 Å². The number of hydrogen-bond acceptors (Lipinski definition) is 3. The van der Waals surface area contributed by atoms with Crippen molar-refractivity contribution in [1.82, 2.24) is 10.6 Å². The van der Waals surface area contributed by atoms with Gasteiger partial charge in [0.2, 0.25) is 5.91 Å². The van der Waals surface area contributed by atoms with Gasteiger partial charge in [0.05, 0.1) is 6.04 Å². The Morgan fingerprint density at radius 1 is 1.42 bits per heavy atom. The highest BCUT2D eigenvalue weighted by molar-refractivity contribution is 5.84. The van der Waals surface area contributed by atoms with Crippen LogP contribution < -0.4 is 10.6 Å². The van der Waals surface area contributed by atoms with Crippen molar-refractivity contribution in [2.24, 2.45) is 0 Å². The zero-order chi connectivity index (χ0) is 9.14. The molecule has 1 fully saturated rings. The predicted molar refractivity (Wildman–Crippen MR) is 41.6 cm³/mol. The number of carbonyl (C=O) groups is 2. The smallest absolute Gasteiger partial charge is 0.320 e. The maximum atomic E-state index is 11.0. The number of carboxylic acids is 1. The van der Waals surface area contributed by atoms with E-state index in [1.54, 1.807) is 0 Å². The van der Waals surface area contributed by atoms with Crippen molar-refractivity contribution in [3.8, 4) is 0 Å². The fourth-order valence-electron chi connectivity index (χ4n) is 1.32. The minimum atomic E-state index is -0.888. The normalized spacial score (nSPS) is 28.4. The third-order valence-corrected chi connectivity index (χ3v) is 2.01. The van der Waals surface area contributed by atoms with E-state index < -0.39 is 12.0 Å². The number of aliphatic carboxylic acids is 1. The molecular weight excluding hydrogens is 160 g/mol. The van der Waals surface area contributed by atoms with Crippen molar-refractivity contribution in [3.05, 3.63) is 0 Å². The predicted octanol–water partition coefficient (Wildman–Crippen LogP) is -1.06. The molecule has 12 heavy (non-hydrogen) atoms. The maximum Gasteiger partial charge on any atom is 0.320 e. The van der Waals surface area contributed by atoms with Crippen molar-refractivity contribution < 1.29 is 14.7 Å². The molecule has 0 bridgehead atoms. The van der Waals surface area contributed by atoms with Crippen molar-refractivity contribution >= 4 is 11.9 Å². The van der Waals surface area contributed by atoms with E-state index in [4.69, 9.17) is 5.11 Å². The lowest BCUT2D eigenvalue weighted by atomic mass is 10.2. The van der Waals surface area contributed by atoms with Gasteiger partial charge in [-0.1, -0.05) is 0 Å². The molecule has 1 amide bonds. The second-order valence-electron chi connectivity index (χ2n) is 2.80. The van der Waals surface area contributed by atoms with E-state index in [0.29, 0.717) is 12.8 Å². The molecule has 0 aromatic heterocycles. The molecule has 0 unspecified atom stereocenters. The van der Waals surface area contributed by atoms with Crippen molar-refractivity contribution in [1.29, 1.82) is 0 Å². The van der Waals surface area contributed by atoms with Gasteiger partial charge in [-0.05, 0) is 12.8 Å². The van der Waals surface area contributed by atoms with Crippen LogP contribution in [0.4, 0.5) is 0 Å². The monoisotopic (exact) mass is 172 g/mol. The van der Waals surface area contributed by atoms with Crippen LogP contribution in [0.25, 0.3) is 0 Å². The second-order valence-corrected chi connectivity index (χ2v) is 2.80. The minimum absolute atomic E-state index is 0.140. The fraction of sp³-hybridized carbons (Fsp3) is 0.714. The molecule has 1 rings (SSSR count). The zero-order valence-corrected chi connectivity index (χ0v) is 6.83. The quantitative estimate of drug-likeness (QED) is 0.496. The third-order valence-electron chi connectivity index (χ3n) is 2.01. The lowest BCUT2D eigenvalue weighted by Gasteiger charge is -2.09. The van der Waals surface area contributed by atoms with Crippen molar-refractivity contribution in [2.75, 3.05) is 7.05 Å². The van der Waals surface area contributed by atoms with Gasteiger partial charge in [-0.3, -0.25) is 14.9 Å². The highest BCUT2D eigenvalue weighted by Gasteiger charge is 2.32. The maximum absolute atomic E-state index is 11.0. The van der Waals surface area contributed by atoms with Crippen LogP contribution in [0.5, 0.6) is 0 Å². The van der Waals surface area contributed by atoms with Crippen LogP contribution in [0.2, 0.25) is 0 Å². The van der Waals surface area contributed by atoms with Crippen LogP contribution in [0.15, 0.2) is 0 Å². The van der Waals surface area contributed by atoms with Gasteiger partial charge in [-0.2, -0.15) is 0 Å². The molecule has 1 aliphatic rings. The number of amides is 1. The molecule has 1 aliphatic heterocycles. The standard InChI is InChI=1S/C7H12N2O3/c1-8-6(10)4-2-3-5(9-4)7(11)12/h4-5,9H,2-3H2,1H3,(H,8,10)(H,11,12)/t4-,5-/m0/s1. The number of carbonyl (C=O) groups excluding carboxylic acids is 1. The van der Waals surface area contributed by atoms with Gasteiger partial charge in [-0.15, -0.1) is 0 Å². The summed E-state index contributed by atoms with van der Waals surface area (Å²) < 4.78 is 0. The van der Waals surface area contributed by atoms with E-state index in [-0.39, 0.29) is 11.9 Å². The Morgan fingerprint density at radius 3 is 2.42 bits per heavy atom. The Bertz CT molecular complexity index is 205. The Hall–Kier alpha value is -1.10. The number of carboxylic acid groups (broad SMARTS) is 1. The first kappa shape index (κ1) is 8.99. The summed E-state index contributed by atoms with van der Waals surface area (Å²) in [7, 11) is 1.54. The summed E-state index contributed by atoms with van der Waals surface area (Å²) in [6.45, 7) is 0. The Balaban J connectivity index is 2.45. The number of hydrogen-bond donors (Lipinski definition) is 3. The molecule has 5 nitrogen and oxygen atoms in total. The SMILES string of the molecule is CNC(=O)[C@@H]1CC[C@@H](C(=O)O)N1. The first-order chi connectivity index (χ1) is 5.65. The molecule has 0 aliphatic carbocycles. The largest absolute Gasteiger partial charge is 0.480 e. The molecule has 5 heteroatoms. The summed E-state index contributed by atoms with van der Waals surface area (Å²) in [5, 5.41) is 13.8. The van der Waals surface area contributed by atoms with Crippen LogP contribution in [-0.2, 0) is 9.59 Å². The van der Waals surface area contributed by atoms with Gasteiger partial charge in [-0.25, -0.2) is 0 Å². The third kappa shape index (κ3) is 1.73. The molecule has 1 saturated heterocycles. The van der Waals surface area contributed by atoms with E-state index in [2.05, 4.69) is 10.6 Å². The summed E-state index contributed by atoms with van der Waals surface area (Å²) in [4.78, 5) is 21.5. The van der Waals surface area contributed by atoms with Gasteiger partial charge in [0.15, 0.2) is 0 Å². The highest BCUT2D eigenvalue weighted by Crippen LogP contribution is 2.12. The van der Waals surface area contributed by atoms with Crippen LogP contribution in [0.3, 0.4) is 0 Å². The van der Waals surface area contributed by atoms with E-state index >= 15 is 0 Å². The van der Waals surface area contributed by atoms with Gasteiger partial charge in [0, 0.05) is 7.05 Å². The molecule has 68 valence electrons. The average molecular weight is 172 g/mol. The zero-order valence-electron chi connectivity index (χ0n) is 6.83. The summed E-state index contributed by atoms with van der Waals surface area (Å²) >= 11 is 0. The van der Waals surface area contributed by atoms with Gasteiger partial charge in [0.25, 0.3) is 0 Å². The molecular formula is C7H12N2O3. The molecule has 0 aromatic rings. The lowest BCUT2D eigenvalue weighted by Crippen LogP contribution is -2.43. The first-order valence-electron chi connectivity index (χ1n) is 3.85. The lowest BCUT2D eigenvalue weighted by molar-refractivity contribution is -0.139. The van der Waals surface area contributed by atoms with Crippen LogP contribution in [-0.4, -0.2) is 36.1 Å². The van der Waals surface area contributed by atoms with Gasteiger partial charge in [0.1, 0.15) is 6.04 Å². The summed E-state index contributed by atoms with van der Waals surface area (Å²) in [5.41, 5.74) is 0. The Kier molecular flexibility index (Phi) is 2.65. The molecule has 0 saturated carbocycles. The first-order valence-corrected chi connectivity index (χ1v) is 3.85. The molecule has 0 aromatic carbocycles. The average Bonchev–Trinajstić information content (AvgIpc) is 2.51. The number of nitrogens with one attached hydrogen (secondary N) is 2. The van der Waals surface area contributed by atoms with E-state index in [1.165, 1.54) is 7.05 Å². The molecule has 1 heterocycles. The minimum Gasteiger partial charge on any atom is -0.480 e. The van der Waals surface area contributed by atoms with Crippen molar-refractivity contribution in [2.45, 2.75) is 24.9 Å². The summed E-state index contributed by atoms with van der Waals surface area (Å²) in [5.74, 6) is -1.03. The molecule has 0 spiro atoms. The molecule has 0 radical (unpaired) electrons. The molecule has 3 N–H and O–H groups in total. The number of likely N-dealkylation sites (N-methyl/N-ethyl adjacent to an activating group) is 1. The Labute approximate surface area is 70.1 Å². The second kappa shape index (κ2) is 3.53. The summed E-state index contributed by atoms with van der Waals surface area (Å²) in [6.07, 6.45) is 1.12. The number of rotatable bonds is 2. The van der Waals surface area contributed by atoms with E-state index in [9.17, 15) is 9.59 Å². The highest BCUT2D eigenvalue weighted by atomic mass is 16.4. The van der Waals surface area contributed by atoms with Crippen LogP contribution in [0, 0.1) is 0 Å². The fourth-order valence-corrected chi connectivity index (χ4v) is 1.32. The van der Waals surface area contributed by atoms with Crippen LogP contribution in [0.1, 0.15) is 12.8 Å². The van der Waals surface area contributed by atoms with E-state index in [1.807, 2.05) is 0 Å². The molecule has 2 atom stereocenters. The topological polar surface area (TPSA) is 78.4 Å². The van der Waals surface area contributed by atoms with E-state index in [0.717, 1.165) is 0 Å². The van der Waals surface area contributed by atoms with Crippen molar-refractivity contribution in [3.63, 3.8) is 0 Å². The van der Waals surface area contributed by atoms with Crippen LogP contribution >= 0.6 is 0 Å². The summed E-state index contributed by atoms with van der Waals surface area (Å²) in [6, 6.07) is -0.900. The van der Waals surface area contributed by atoms with Gasteiger partial charge >= 0.3 is 5.97 Å².